The van der Waals surface area contributed by atoms with Gasteiger partial charge in [0.2, 0.25) is 17.7 Å². The van der Waals surface area contributed by atoms with Gasteiger partial charge < -0.3 is 20.6 Å². The van der Waals surface area contributed by atoms with Crippen LogP contribution in [0.2, 0.25) is 10.0 Å². The van der Waals surface area contributed by atoms with Crippen molar-refractivity contribution in [2.75, 3.05) is 11.4 Å². The summed E-state index contributed by atoms with van der Waals surface area (Å²) < 4.78 is 0. The van der Waals surface area contributed by atoms with Crippen molar-refractivity contribution in [3.63, 3.8) is 0 Å². The number of carboxylic acids is 1. The molecule has 3 aromatic carbocycles. The lowest BCUT2D eigenvalue weighted by molar-refractivity contribution is -0.144. The molecule has 2 fully saturated rings. The van der Waals surface area contributed by atoms with Crippen molar-refractivity contribution in [3.05, 3.63) is 99.5 Å². The zero-order chi connectivity index (χ0) is 35.3. The highest BCUT2D eigenvalue weighted by molar-refractivity contribution is 6.30. The maximum Gasteiger partial charge on any atom is 0.326 e. The molecule has 1 heterocycles. The van der Waals surface area contributed by atoms with Gasteiger partial charge in [0.25, 0.3) is 5.91 Å². The van der Waals surface area contributed by atoms with E-state index in [-0.39, 0.29) is 36.5 Å². The second-order valence-electron chi connectivity index (χ2n) is 12.9. The van der Waals surface area contributed by atoms with E-state index in [0.717, 1.165) is 18.4 Å². The maximum absolute atomic E-state index is 14.2. The summed E-state index contributed by atoms with van der Waals surface area (Å²) in [5, 5.41) is 16.7. The minimum atomic E-state index is -1.18. The minimum Gasteiger partial charge on any atom is -0.480 e. The van der Waals surface area contributed by atoms with Gasteiger partial charge in [-0.1, -0.05) is 72.4 Å². The van der Waals surface area contributed by atoms with Crippen LogP contribution in [0, 0.1) is 5.41 Å². The molecule has 1 saturated carbocycles. The Hall–Kier alpha value is -4.41. The van der Waals surface area contributed by atoms with Gasteiger partial charge in [-0.25, -0.2) is 4.79 Å². The van der Waals surface area contributed by atoms with Crippen LogP contribution in [0.25, 0.3) is 0 Å². The van der Waals surface area contributed by atoms with Crippen LogP contribution in [0.15, 0.2) is 72.8 Å². The fourth-order valence-electron chi connectivity index (χ4n) is 6.99. The minimum absolute atomic E-state index is 0.0243. The first-order valence-corrected chi connectivity index (χ1v) is 17.1. The molecule has 4 amide bonds. The summed E-state index contributed by atoms with van der Waals surface area (Å²) in [5.74, 6) is -2.20. The van der Waals surface area contributed by atoms with Crippen molar-refractivity contribution in [1.82, 2.24) is 15.5 Å². The lowest BCUT2D eigenvalue weighted by Crippen LogP contribution is -2.49. The molecule has 0 spiro atoms. The average molecular weight is 708 g/mol. The van der Waals surface area contributed by atoms with Gasteiger partial charge in [0.1, 0.15) is 18.2 Å². The highest BCUT2D eigenvalue weighted by Crippen LogP contribution is 2.42. The SMILES string of the molecule is CC(=O)NCCC1(C(=O)NC(Cc2ccc(N3C(=O)[C@@H](Cc4ccc(Cl)cc4)N(C(C)=O)C3c3ccc(Cl)cc3)cc2)C(=O)O)CCCC1. The first-order chi connectivity index (χ1) is 23.4. The molecule has 3 N–H and O–H groups in total. The number of nitrogens with one attached hydrogen (secondary N) is 2. The van der Waals surface area contributed by atoms with Crippen molar-refractivity contribution in [1.29, 1.82) is 0 Å². The highest BCUT2D eigenvalue weighted by Gasteiger charge is 2.49. The molecule has 3 atom stereocenters. The van der Waals surface area contributed by atoms with Crippen LogP contribution in [0.5, 0.6) is 0 Å². The quantitative estimate of drug-likeness (QED) is 0.221. The number of hydrogen-bond donors (Lipinski definition) is 3. The molecule has 12 heteroatoms. The lowest BCUT2D eigenvalue weighted by atomic mass is 9.81. The van der Waals surface area contributed by atoms with Crippen LogP contribution in [-0.4, -0.2) is 58.2 Å². The van der Waals surface area contributed by atoms with Gasteiger partial charge >= 0.3 is 5.97 Å². The maximum atomic E-state index is 14.2. The Morgan fingerprint density at radius 2 is 1.45 bits per heavy atom. The number of carbonyl (C=O) groups is 5. The first-order valence-electron chi connectivity index (χ1n) is 16.4. The number of carbonyl (C=O) groups excluding carboxylic acids is 4. The molecule has 1 aliphatic carbocycles. The first kappa shape index (κ1) is 35.9. The summed E-state index contributed by atoms with van der Waals surface area (Å²) in [6.07, 6.45) is 2.98. The van der Waals surface area contributed by atoms with Gasteiger partial charge in [-0.15, -0.1) is 0 Å². The molecule has 2 unspecified atom stereocenters. The Morgan fingerprint density at radius 3 is 2.00 bits per heavy atom. The zero-order valence-corrected chi connectivity index (χ0v) is 29.0. The number of rotatable bonds is 12. The summed E-state index contributed by atoms with van der Waals surface area (Å²) in [7, 11) is 0. The molecular formula is C37H40Cl2N4O6. The fourth-order valence-corrected chi connectivity index (χ4v) is 7.24. The van der Waals surface area contributed by atoms with Crippen LogP contribution in [0.3, 0.4) is 0 Å². The van der Waals surface area contributed by atoms with Crippen molar-refractivity contribution in [3.8, 4) is 0 Å². The monoisotopic (exact) mass is 706 g/mol. The summed E-state index contributed by atoms with van der Waals surface area (Å²) in [6, 6.07) is 19.1. The summed E-state index contributed by atoms with van der Waals surface area (Å²) in [4.78, 5) is 67.8. The number of amides is 4. The Bertz CT molecular complexity index is 1690. The highest BCUT2D eigenvalue weighted by atomic mass is 35.5. The molecule has 1 saturated heterocycles. The standard InChI is InChI=1S/C37H40Cl2N4O6/c1-23(44)40-20-19-37(17-3-4-18-37)36(49)41-31(35(47)48)21-25-7-15-30(16-8-25)43-33(27-9-13-29(39)14-10-27)42(24(2)45)32(34(43)46)22-26-5-11-28(38)12-6-26/h5-16,31-33H,3-4,17-22H2,1-2H3,(H,40,44)(H,41,49)(H,47,48)/t31?,32-,33?/m1/s1. The predicted molar refractivity (Wildman–Crippen MR) is 187 cm³/mol. The van der Waals surface area contributed by atoms with Crippen LogP contribution >= 0.6 is 23.2 Å². The Morgan fingerprint density at radius 1 is 0.878 bits per heavy atom. The number of halogens is 2. The molecule has 5 rings (SSSR count). The molecule has 0 aromatic heterocycles. The van der Waals surface area contributed by atoms with Crippen molar-refractivity contribution in [2.24, 2.45) is 5.41 Å². The van der Waals surface area contributed by atoms with E-state index >= 15 is 0 Å². The van der Waals surface area contributed by atoms with Crippen LogP contribution in [0.4, 0.5) is 5.69 Å². The molecule has 2 aliphatic rings. The van der Waals surface area contributed by atoms with Gasteiger partial charge in [0.15, 0.2) is 0 Å². The third kappa shape index (κ3) is 8.25. The van der Waals surface area contributed by atoms with E-state index in [2.05, 4.69) is 10.6 Å². The van der Waals surface area contributed by atoms with Crippen molar-refractivity contribution >= 4 is 58.5 Å². The van der Waals surface area contributed by atoms with Gasteiger partial charge in [-0.2, -0.15) is 0 Å². The fraction of sp³-hybridized carbons (Fsp3) is 0.378. The number of carboxylic acid groups (broad SMARTS) is 1. The van der Waals surface area contributed by atoms with E-state index < -0.39 is 29.6 Å². The number of benzene rings is 3. The van der Waals surface area contributed by atoms with E-state index in [1.54, 1.807) is 70.5 Å². The molecule has 49 heavy (non-hydrogen) atoms. The Balaban J connectivity index is 1.39. The molecule has 10 nitrogen and oxygen atoms in total. The van der Waals surface area contributed by atoms with Gasteiger partial charge in [-0.05, 0) is 72.4 Å². The molecule has 0 radical (unpaired) electrons. The number of nitrogens with zero attached hydrogens (tertiary/aromatic N) is 2. The number of aliphatic carboxylic acids is 1. The zero-order valence-electron chi connectivity index (χ0n) is 27.5. The third-order valence-corrected chi connectivity index (χ3v) is 10.0. The van der Waals surface area contributed by atoms with Crippen molar-refractivity contribution in [2.45, 2.75) is 77.0 Å². The van der Waals surface area contributed by atoms with E-state index in [4.69, 9.17) is 23.2 Å². The topological polar surface area (TPSA) is 136 Å². The van der Waals surface area contributed by atoms with Crippen molar-refractivity contribution < 1.29 is 29.1 Å². The average Bonchev–Trinajstić information content (AvgIpc) is 3.66. The summed E-state index contributed by atoms with van der Waals surface area (Å²) in [5.41, 5.74) is 1.99. The molecule has 3 aromatic rings. The normalized spacial score (nSPS) is 19.1. The molecule has 1 aliphatic heterocycles. The largest absolute Gasteiger partial charge is 0.480 e. The van der Waals surface area contributed by atoms with Crippen LogP contribution < -0.4 is 15.5 Å². The number of hydrogen-bond acceptors (Lipinski definition) is 5. The van der Waals surface area contributed by atoms with E-state index in [9.17, 15) is 29.1 Å². The van der Waals surface area contributed by atoms with E-state index in [0.29, 0.717) is 52.7 Å². The predicted octanol–water partition coefficient (Wildman–Crippen LogP) is 5.70. The van der Waals surface area contributed by atoms with E-state index in [1.165, 1.54) is 13.8 Å². The summed E-state index contributed by atoms with van der Waals surface area (Å²) in [6.45, 7) is 3.20. The smallest absolute Gasteiger partial charge is 0.326 e. The lowest BCUT2D eigenvalue weighted by Gasteiger charge is -2.31. The van der Waals surface area contributed by atoms with E-state index in [1.807, 2.05) is 12.1 Å². The molecule has 0 bridgehead atoms. The Kier molecular flexibility index (Phi) is 11.3. The third-order valence-electron chi connectivity index (χ3n) is 9.52. The van der Waals surface area contributed by atoms with Gasteiger partial charge in [0.05, 0.1) is 5.41 Å². The van der Waals surface area contributed by atoms with Gasteiger partial charge in [0, 0.05) is 49.0 Å². The second-order valence-corrected chi connectivity index (χ2v) is 13.7. The van der Waals surface area contributed by atoms with Crippen LogP contribution in [-0.2, 0) is 36.8 Å². The molecule has 258 valence electrons. The summed E-state index contributed by atoms with van der Waals surface area (Å²) >= 11 is 12.3. The second kappa shape index (κ2) is 15.4. The van der Waals surface area contributed by atoms with Gasteiger partial charge in [-0.3, -0.25) is 24.1 Å². The molecular weight excluding hydrogens is 667 g/mol. The Labute approximate surface area is 295 Å². The number of anilines is 1. The van der Waals surface area contributed by atoms with Crippen LogP contribution in [0.1, 0.15) is 68.8 Å².